The summed E-state index contributed by atoms with van der Waals surface area (Å²) < 4.78 is 5.69. The van der Waals surface area contributed by atoms with Gasteiger partial charge in [0.15, 0.2) is 0 Å². The third kappa shape index (κ3) is 4.27. The molecule has 3 fully saturated rings. The fourth-order valence-electron chi connectivity index (χ4n) is 4.83. The third-order valence-electron chi connectivity index (χ3n) is 6.48. The van der Waals surface area contributed by atoms with Crippen LogP contribution in [0.3, 0.4) is 0 Å². The lowest BCUT2D eigenvalue weighted by molar-refractivity contribution is -0.136. The number of hydrogen-bond acceptors (Lipinski definition) is 5. The van der Waals surface area contributed by atoms with Gasteiger partial charge in [-0.3, -0.25) is 9.69 Å². The van der Waals surface area contributed by atoms with Gasteiger partial charge in [-0.25, -0.2) is 9.97 Å². The van der Waals surface area contributed by atoms with E-state index in [1.807, 2.05) is 12.1 Å². The average Bonchev–Trinajstić information content (AvgIpc) is 3.61. The highest BCUT2D eigenvalue weighted by Crippen LogP contribution is 2.36. The number of likely N-dealkylation sites (tertiary alicyclic amines) is 2. The van der Waals surface area contributed by atoms with Crippen molar-refractivity contribution in [1.29, 1.82) is 0 Å². The van der Waals surface area contributed by atoms with Crippen LogP contribution in [0.5, 0.6) is 11.8 Å². The maximum absolute atomic E-state index is 12.5. The number of ether oxygens (including phenoxy) is 1. The lowest BCUT2D eigenvalue weighted by Gasteiger charge is -2.47. The minimum Gasteiger partial charge on any atom is -0.424 e. The van der Waals surface area contributed by atoms with Crippen molar-refractivity contribution >= 4 is 5.91 Å². The Bertz CT molecular complexity index is 838. The van der Waals surface area contributed by atoms with Gasteiger partial charge in [-0.05, 0) is 68.3 Å². The zero-order valence-corrected chi connectivity index (χ0v) is 16.7. The highest BCUT2D eigenvalue weighted by molar-refractivity contribution is 5.81. The number of fused-ring (bicyclic) bond motifs is 1. The second kappa shape index (κ2) is 8.11. The molecule has 2 atom stereocenters. The van der Waals surface area contributed by atoms with Gasteiger partial charge in [-0.1, -0.05) is 12.1 Å². The molecule has 0 bridgehead atoms. The van der Waals surface area contributed by atoms with Gasteiger partial charge >= 0.3 is 6.01 Å². The van der Waals surface area contributed by atoms with E-state index in [-0.39, 0.29) is 0 Å². The molecule has 6 nitrogen and oxygen atoms in total. The largest absolute Gasteiger partial charge is 0.424 e. The molecule has 2 aliphatic heterocycles. The maximum Gasteiger partial charge on any atom is 0.321 e. The van der Waals surface area contributed by atoms with E-state index in [0.717, 1.165) is 51.2 Å². The first kappa shape index (κ1) is 18.6. The maximum atomic E-state index is 12.5. The molecule has 0 spiro atoms. The van der Waals surface area contributed by atoms with E-state index in [0.29, 0.717) is 29.8 Å². The number of hydrogen-bond donors (Lipinski definition) is 0. The topological polar surface area (TPSA) is 58.6 Å². The summed E-state index contributed by atoms with van der Waals surface area (Å²) in [6.45, 7) is 3.99. The quantitative estimate of drug-likeness (QED) is 0.780. The molecule has 2 saturated heterocycles. The van der Waals surface area contributed by atoms with E-state index in [4.69, 9.17) is 4.74 Å². The van der Waals surface area contributed by atoms with Crippen molar-refractivity contribution in [3.63, 3.8) is 0 Å². The second-order valence-corrected chi connectivity index (χ2v) is 8.56. The fraction of sp³-hybridized carbons (Fsp3) is 0.522. The first-order chi connectivity index (χ1) is 14.3. The Hall–Kier alpha value is -2.47. The van der Waals surface area contributed by atoms with Gasteiger partial charge in [0.1, 0.15) is 5.75 Å². The van der Waals surface area contributed by atoms with Crippen LogP contribution in [0, 0.1) is 11.8 Å². The Kier molecular flexibility index (Phi) is 5.19. The Balaban J connectivity index is 1.19. The van der Waals surface area contributed by atoms with Gasteiger partial charge in [0.2, 0.25) is 5.91 Å². The smallest absolute Gasteiger partial charge is 0.321 e. The molecule has 1 saturated carbocycles. The van der Waals surface area contributed by atoms with Crippen molar-refractivity contribution in [1.82, 2.24) is 19.8 Å². The lowest BCUT2D eigenvalue weighted by atomic mass is 9.83. The highest BCUT2D eigenvalue weighted by Gasteiger charge is 2.40. The van der Waals surface area contributed by atoms with Gasteiger partial charge in [0.05, 0.1) is 0 Å². The van der Waals surface area contributed by atoms with E-state index in [9.17, 15) is 4.79 Å². The summed E-state index contributed by atoms with van der Waals surface area (Å²) in [6, 6.07) is 11.0. The molecule has 3 heterocycles. The SMILES string of the molecule is O=C(C1CC1)N1CC[C@H]2[C@H](CCCN2Cc2ccc(Oc3ncccn3)cc2)C1. The second-order valence-electron chi connectivity index (χ2n) is 8.56. The molecule has 1 aliphatic carbocycles. The molecule has 0 N–H and O–H groups in total. The van der Waals surface area contributed by atoms with Gasteiger partial charge in [0.25, 0.3) is 0 Å². The van der Waals surface area contributed by atoms with Gasteiger partial charge in [-0.15, -0.1) is 0 Å². The number of amides is 1. The molecule has 1 aromatic heterocycles. The van der Waals surface area contributed by atoms with Crippen LogP contribution in [-0.4, -0.2) is 51.4 Å². The van der Waals surface area contributed by atoms with Crippen molar-refractivity contribution in [3.05, 3.63) is 48.3 Å². The minimum atomic E-state index is 0.341. The molecule has 29 heavy (non-hydrogen) atoms. The molecular formula is C23H28N4O2. The van der Waals surface area contributed by atoms with Gasteiger partial charge in [-0.2, -0.15) is 0 Å². The summed E-state index contributed by atoms with van der Waals surface area (Å²) in [5.74, 6) is 2.13. The summed E-state index contributed by atoms with van der Waals surface area (Å²) in [6.07, 6.45) is 9.13. The molecule has 0 unspecified atom stereocenters. The molecule has 2 aromatic rings. The van der Waals surface area contributed by atoms with Crippen LogP contribution >= 0.6 is 0 Å². The molecule has 5 rings (SSSR count). The number of carbonyl (C=O) groups excluding carboxylic acids is 1. The Morgan fingerprint density at radius 3 is 2.59 bits per heavy atom. The third-order valence-corrected chi connectivity index (χ3v) is 6.48. The van der Waals surface area contributed by atoms with Crippen LogP contribution in [0.1, 0.15) is 37.7 Å². The molecule has 1 amide bonds. The van der Waals surface area contributed by atoms with E-state index >= 15 is 0 Å². The number of nitrogens with zero attached hydrogens (tertiary/aromatic N) is 4. The van der Waals surface area contributed by atoms with Crippen molar-refractivity contribution in [3.8, 4) is 11.8 Å². The number of carbonyl (C=O) groups is 1. The monoisotopic (exact) mass is 392 g/mol. The lowest BCUT2D eigenvalue weighted by Crippen LogP contribution is -2.55. The number of aromatic nitrogens is 2. The summed E-state index contributed by atoms with van der Waals surface area (Å²) in [7, 11) is 0. The van der Waals surface area contributed by atoms with Crippen molar-refractivity contribution < 1.29 is 9.53 Å². The molecule has 0 radical (unpaired) electrons. The van der Waals surface area contributed by atoms with Gasteiger partial charge in [0, 0.05) is 44.0 Å². The first-order valence-corrected chi connectivity index (χ1v) is 10.8. The molecule has 1 aromatic carbocycles. The van der Waals surface area contributed by atoms with Crippen LogP contribution in [-0.2, 0) is 11.3 Å². The summed E-state index contributed by atoms with van der Waals surface area (Å²) in [5.41, 5.74) is 1.29. The summed E-state index contributed by atoms with van der Waals surface area (Å²) in [4.78, 5) is 25.4. The van der Waals surface area contributed by atoms with Crippen molar-refractivity contribution in [2.24, 2.45) is 11.8 Å². The van der Waals surface area contributed by atoms with E-state index in [2.05, 4.69) is 31.9 Å². The summed E-state index contributed by atoms with van der Waals surface area (Å²) >= 11 is 0. The molecular weight excluding hydrogens is 364 g/mol. The molecule has 152 valence electrons. The fourth-order valence-corrected chi connectivity index (χ4v) is 4.83. The Morgan fingerprint density at radius 1 is 1.03 bits per heavy atom. The number of benzene rings is 1. The predicted molar refractivity (Wildman–Crippen MR) is 109 cm³/mol. The van der Waals surface area contributed by atoms with Crippen LogP contribution in [0.15, 0.2) is 42.7 Å². The zero-order valence-electron chi connectivity index (χ0n) is 16.7. The average molecular weight is 393 g/mol. The zero-order chi connectivity index (χ0) is 19.6. The van der Waals surface area contributed by atoms with E-state index < -0.39 is 0 Å². The minimum absolute atomic E-state index is 0.341. The Morgan fingerprint density at radius 2 is 1.83 bits per heavy atom. The standard InChI is InChI=1S/C23H28N4O2/c28-22(18-6-7-18)27-14-10-21-19(16-27)3-1-13-26(21)15-17-4-8-20(9-5-17)29-23-24-11-2-12-25-23/h2,4-5,8-9,11-12,18-19,21H,1,3,6-7,10,13-16H2/t19-,21+/m1/s1. The first-order valence-electron chi connectivity index (χ1n) is 10.8. The molecule has 6 heteroatoms. The molecule has 3 aliphatic rings. The van der Waals surface area contributed by atoms with Crippen LogP contribution < -0.4 is 4.74 Å². The van der Waals surface area contributed by atoms with Crippen LogP contribution in [0.2, 0.25) is 0 Å². The van der Waals surface area contributed by atoms with Crippen molar-refractivity contribution in [2.45, 2.75) is 44.7 Å². The highest BCUT2D eigenvalue weighted by atomic mass is 16.5. The van der Waals surface area contributed by atoms with E-state index in [1.54, 1.807) is 18.5 Å². The van der Waals surface area contributed by atoms with Gasteiger partial charge < -0.3 is 9.64 Å². The van der Waals surface area contributed by atoms with E-state index in [1.165, 1.54) is 18.4 Å². The predicted octanol–water partition coefficient (Wildman–Crippen LogP) is 3.49. The Labute approximate surface area is 171 Å². The van der Waals surface area contributed by atoms with Crippen LogP contribution in [0.25, 0.3) is 0 Å². The number of rotatable bonds is 5. The van der Waals surface area contributed by atoms with Crippen molar-refractivity contribution in [2.75, 3.05) is 19.6 Å². The normalized spacial score (nSPS) is 24.8. The number of piperidine rings is 2. The van der Waals surface area contributed by atoms with Crippen LogP contribution in [0.4, 0.5) is 0 Å². The summed E-state index contributed by atoms with van der Waals surface area (Å²) in [5, 5.41) is 0.